The van der Waals surface area contributed by atoms with E-state index in [2.05, 4.69) is 9.73 Å². The van der Waals surface area contributed by atoms with Crippen LogP contribution in [0.1, 0.15) is 24.2 Å². The summed E-state index contributed by atoms with van der Waals surface area (Å²) in [4.78, 5) is 38.9. The van der Waals surface area contributed by atoms with Crippen LogP contribution in [0.25, 0.3) is 0 Å². The summed E-state index contributed by atoms with van der Waals surface area (Å²) in [7, 11) is 2.72. The van der Waals surface area contributed by atoms with Crippen molar-refractivity contribution in [1.82, 2.24) is 0 Å². The summed E-state index contributed by atoms with van der Waals surface area (Å²) >= 11 is 0. The first kappa shape index (κ1) is 16.6. The molecule has 0 saturated heterocycles. The Morgan fingerprint density at radius 3 is 2.10 bits per heavy atom. The van der Waals surface area contributed by atoms with Crippen molar-refractivity contribution in [2.75, 3.05) is 14.2 Å². The third kappa shape index (κ3) is 4.24. The minimum atomic E-state index is -1.07. The third-order valence-corrected chi connectivity index (χ3v) is 2.87. The zero-order valence-corrected chi connectivity index (χ0v) is 12.4. The largest absolute Gasteiger partial charge is 0.468 e. The van der Waals surface area contributed by atoms with Gasteiger partial charge in [-0.1, -0.05) is 0 Å². The molecule has 0 aliphatic heterocycles. The highest BCUT2D eigenvalue weighted by Crippen LogP contribution is 2.17. The van der Waals surface area contributed by atoms with Gasteiger partial charge in [-0.15, -0.1) is 0 Å². The van der Waals surface area contributed by atoms with Gasteiger partial charge in [-0.2, -0.15) is 0 Å². The predicted octanol–water partition coefficient (Wildman–Crippen LogP) is 1.67. The van der Waals surface area contributed by atoms with Crippen LogP contribution in [-0.2, 0) is 14.3 Å². The van der Waals surface area contributed by atoms with E-state index in [1.807, 2.05) is 0 Å². The van der Waals surface area contributed by atoms with Crippen molar-refractivity contribution in [3.8, 4) is 5.75 Å². The lowest BCUT2D eigenvalue weighted by Gasteiger charge is -2.13. The first-order valence-corrected chi connectivity index (χ1v) is 6.24. The number of nitrogens with zero attached hydrogens (tertiary/aromatic N) is 1. The average molecular weight is 291 g/mol. The number of ketones is 1. The molecular formula is C15H17NO5. The quantitative estimate of drug-likeness (QED) is 0.271. The van der Waals surface area contributed by atoms with Crippen LogP contribution < -0.4 is 4.74 Å². The van der Waals surface area contributed by atoms with Gasteiger partial charge in [-0.25, -0.2) is 0 Å². The number of benzene rings is 1. The third-order valence-electron chi connectivity index (χ3n) is 2.87. The van der Waals surface area contributed by atoms with Crippen LogP contribution in [0.2, 0.25) is 0 Å². The molecule has 0 aliphatic carbocycles. The molecule has 1 unspecified atom stereocenters. The van der Waals surface area contributed by atoms with Crippen LogP contribution in [0, 0.1) is 5.92 Å². The van der Waals surface area contributed by atoms with E-state index >= 15 is 0 Å². The van der Waals surface area contributed by atoms with Crippen LogP contribution in [0.3, 0.4) is 0 Å². The topological polar surface area (TPSA) is 82.0 Å². The molecular weight excluding hydrogens is 274 g/mol. The zero-order valence-electron chi connectivity index (χ0n) is 12.4. The van der Waals surface area contributed by atoms with Gasteiger partial charge in [-0.3, -0.25) is 19.4 Å². The molecule has 0 heterocycles. The van der Waals surface area contributed by atoms with Gasteiger partial charge in [0.1, 0.15) is 5.75 Å². The zero-order chi connectivity index (χ0) is 16.0. The molecule has 0 spiro atoms. The van der Waals surface area contributed by atoms with Crippen molar-refractivity contribution in [3.05, 3.63) is 29.8 Å². The van der Waals surface area contributed by atoms with E-state index in [1.165, 1.54) is 45.3 Å². The molecule has 1 atom stereocenters. The molecule has 0 aliphatic rings. The Bertz CT molecular complexity index is 574. The summed E-state index contributed by atoms with van der Waals surface area (Å²) in [6.45, 7) is 2.88. The molecule has 1 aromatic rings. The van der Waals surface area contributed by atoms with Gasteiger partial charge in [0.2, 0.25) is 0 Å². The van der Waals surface area contributed by atoms with E-state index in [-0.39, 0.29) is 0 Å². The van der Waals surface area contributed by atoms with E-state index < -0.39 is 23.6 Å². The molecule has 0 bridgehead atoms. The molecule has 0 fully saturated rings. The smallest absolute Gasteiger partial charge is 0.322 e. The lowest BCUT2D eigenvalue weighted by molar-refractivity contribution is -0.141. The van der Waals surface area contributed by atoms with Crippen molar-refractivity contribution in [2.24, 2.45) is 10.9 Å². The molecule has 0 amide bonds. The molecule has 1 rings (SSSR count). The molecule has 1 aromatic carbocycles. The number of aliphatic imine (C=N–C) groups is 1. The fraction of sp³-hybridized carbons (Fsp3) is 0.333. The van der Waals surface area contributed by atoms with Gasteiger partial charge in [-0.05, 0) is 31.2 Å². The second-order valence-electron chi connectivity index (χ2n) is 4.30. The van der Waals surface area contributed by atoms with Gasteiger partial charge >= 0.3 is 11.9 Å². The van der Waals surface area contributed by atoms with Crippen LogP contribution in [0.5, 0.6) is 5.75 Å². The molecule has 0 N–H and O–H groups in total. The van der Waals surface area contributed by atoms with E-state index in [1.54, 1.807) is 6.92 Å². The predicted molar refractivity (Wildman–Crippen MR) is 76.6 cm³/mol. The number of methoxy groups -OCH3 is 1. The van der Waals surface area contributed by atoms with Gasteiger partial charge < -0.3 is 9.47 Å². The second-order valence-corrected chi connectivity index (χ2v) is 4.30. The maximum absolute atomic E-state index is 12.4. The van der Waals surface area contributed by atoms with E-state index in [4.69, 9.17) is 4.74 Å². The number of hydrogen-bond donors (Lipinski definition) is 0. The van der Waals surface area contributed by atoms with Crippen molar-refractivity contribution >= 4 is 23.4 Å². The summed E-state index contributed by atoms with van der Waals surface area (Å²) in [6.07, 6.45) is 0. The van der Waals surface area contributed by atoms with Crippen molar-refractivity contribution in [2.45, 2.75) is 13.8 Å². The Morgan fingerprint density at radius 2 is 1.67 bits per heavy atom. The Balaban J connectivity index is 3.04. The summed E-state index contributed by atoms with van der Waals surface area (Å²) in [6, 6.07) is 5.95. The van der Waals surface area contributed by atoms with Crippen molar-refractivity contribution in [1.29, 1.82) is 0 Å². The maximum atomic E-state index is 12.4. The highest BCUT2D eigenvalue weighted by atomic mass is 16.5. The lowest BCUT2D eigenvalue weighted by Crippen LogP contribution is -2.31. The monoisotopic (exact) mass is 291 g/mol. The Morgan fingerprint density at radius 1 is 1.10 bits per heavy atom. The summed E-state index contributed by atoms with van der Waals surface area (Å²) in [5.74, 6) is -2.27. The molecule has 0 radical (unpaired) electrons. The van der Waals surface area contributed by atoms with E-state index in [0.717, 1.165) is 0 Å². The van der Waals surface area contributed by atoms with Gasteiger partial charge in [0, 0.05) is 25.2 Å². The summed E-state index contributed by atoms with van der Waals surface area (Å²) in [5, 5.41) is 0. The Hall–Kier alpha value is -2.50. The molecule has 6 heteroatoms. The maximum Gasteiger partial charge on any atom is 0.322 e. The number of carbonyl (C=O) groups excluding carboxylic acids is 3. The summed E-state index contributed by atoms with van der Waals surface area (Å²) < 4.78 is 9.53. The molecule has 0 saturated carbocycles. The van der Waals surface area contributed by atoms with E-state index in [0.29, 0.717) is 17.0 Å². The van der Waals surface area contributed by atoms with Gasteiger partial charge in [0.15, 0.2) is 11.7 Å². The number of carbonyl (C=O) groups is 3. The standard InChI is InChI=1S/C15H17NO5/c1-9(16-3)13(15(19)20-4)14(18)11-5-7-12(8-6-11)21-10(2)17/h5-8,13H,1-4H3. The van der Waals surface area contributed by atoms with Crippen LogP contribution in [-0.4, -0.2) is 37.6 Å². The molecule has 21 heavy (non-hydrogen) atoms. The average Bonchev–Trinajstić information content (AvgIpc) is 2.46. The van der Waals surface area contributed by atoms with E-state index in [9.17, 15) is 14.4 Å². The number of Topliss-reactive ketones (excluding diaryl/α,β-unsaturated/α-hetero) is 1. The van der Waals surface area contributed by atoms with Gasteiger partial charge in [0.25, 0.3) is 0 Å². The lowest BCUT2D eigenvalue weighted by atomic mass is 9.93. The highest BCUT2D eigenvalue weighted by Gasteiger charge is 2.31. The highest BCUT2D eigenvalue weighted by molar-refractivity contribution is 6.23. The number of esters is 2. The van der Waals surface area contributed by atoms with Crippen molar-refractivity contribution in [3.63, 3.8) is 0 Å². The first-order chi connectivity index (χ1) is 9.90. The first-order valence-electron chi connectivity index (χ1n) is 6.24. The fourth-order valence-corrected chi connectivity index (χ4v) is 1.73. The minimum Gasteiger partial charge on any atom is -0.468 e. The van der Waals surface area contributed by atoms with Crippen LogP contribution in [0.4, 0.5) is 0 Å². The van der Waals surface area contributed by atoms with Crippen molar-refractivity contribution < 1.29 is 23.9 Å². The minimum absolute atomic E-state index is 0.310. The number of rotatable bonds is 5. The molecule has 6 nitrogen and oxygen atoms in total. The Labute approximate surface area is 122 Å². The van der Waals surface area contributed by atoms with Crippen LogP contribution in [0.15, 0.2) is 29.3 Å². The fourth-order valence-electron chi connectivity index (χ4n) is 1.73. The molecule has 0 aromatic heterocycles. The second kappa shape index (κ2) is 7.33. The number of hydrogen-bond acceptors (Lipinski definition) is 6. The SMILES string of the molecule is CN=C(C)C(C(=O)OC)C(=O)c1ccc(OC(C)=O)cc1. The van der Waals surface area contributed by atoms with Crippen LogP contribution >= 0.6 is 0 Å². The normalized spacial score (nSPS) is 12.5. The number of ether oxygens (including phenoxy) is 2. The summed E-state index contributed by atoms with van der Waals surface area (Å²) in [5.41, 5.74) is 0.681. The Kier molecular flexibility index (Phi) is 5.78. The molecule has 112 valence electrons. The van der Waals surface area contributed by atoms with Gasteiger partial charge in [0.05, 0.1) is 7.11 Å².